The van der Waals surface area contributed by atoms with Gasteiger partial charge in [-0.15, -0.1) is 0 Å². The second-order valence-corrected chi connectivity index (χ2v) is 5.91. The molecule has 0 spiro atoms. The van der Waals surface area contributed by atoms with Crippen LogP contribution in [0.1, 0.15) is 49.8 Å². The average molecular weight is 288 g/mol. The van der Waals surface area contributed by atoms with Crippen LogP contribution in [0.2, 0.25) is 0 Å². The highest BCUT2D eigenvalue weighted by Crippen LogP contribution is 2.36. The Balaban J connectivity index is 1.55. The molecular formula is C17H24N2O2. The van der Waals surface area contributed by atoms with Crippen LogP contribution in [0.4, 0.5) is 0 Å². The van der Waals surface area contributed by atoms with Crippen LogP contribution in [0.25, 0.3) is 0 Å². The van der Waals surface area contributed by atoms with Gasteiger partial charge in [-0.25, -0.2) is 0 Å². The molecule has 1 aromatic rings. The topological polar surface area (TPSA) is 50.4 Å². The first-order chi connectivity index (χ1) is 10.3. The standard InChI is InChI=1S/C17H24N2O2/c1-2-18-15-9-8-14-13(15)4-3-5-16(14)21-11-10-17(20)19-12-6-7-12/h3-5,12,15,18H,2,6-11H2,1H3,(H,19,20). The van der Waals surface area contributed by atoms with Gasteiger partial charge in [0.15, 0.2) is 0 Å². The van der Waals surface area contributed by atoms with Crippen molar-refractivity contribution < 1.29 is 9.53 Å². The summed E-state index contributed by atoms with van der Waals surface area (Å²) in [5.41, 5.74) is 2.67. The molecule has 2 aliphatic carbocycles. The molecule has 2 N–H and O–H groups in total. The van der Waals surface area contributed by atoms with E-state index in [0.29, 0.717) is 25.1 Å². The molecule has 0 radical (unpaired) electrons. The molecule has 1 atom stereocenters. The lowest BCUT2D eigenvalue weighted by Gasteiger charge is -2.14. The van der Waals surface area contributed by atoms with Gasteiger partial charge >= 0.3 is 0 Å². The van der Waals surface area contributed by atoms with E-state index in [2.05, 4.69) is 23.6 Å². The van der Waals surface area contributed by atoms with Crippen molar-refractivity contribution in [3.05, 3.63) is 29.3 Å². The third kappa shape index (κ3) is 3.56. The molecule has 4 nitrogen and oxygen atoms in total. The summed E-state index contributed by atoms with van der Waals surface area (Å²) in [4.78, 5) is 11.7. The monoisotopic (exact) mass is 288 g/mol. The Morgan fingerprint density at radius 2 is 2.19 bits per heavy atom. The fourth-order valence-electron chi connectivity index (χ4n) is 3.00. The first-order valence-corrected chi connectivity index (χ1v) is 8.05. The SMILES string of the molecule is CCNC1CCc2c(OCCC(=O)NC3CC3)cccc21. The van der Waals surface area contributed by atoms with E-state index in [4.69, 9.17) is 4.74 Å². The Morgan fingerprint density at radius 3 is 2.95 bits per heavy atom. The summed E-state index contributed by atoms with van der Waals surface area (Å²) in [6, 6.07) is 7.13. The molecule has 3 rings (SSSR count). The minimum absolute atomic E-state index is 0.107. The van der Waals surface area contributed by atoms with Gasteiger partial charge in [0.2, 0.25) is 5.91 Å². The number of amides is 1. The average Bonchev–Trinajstić information content (AvgIpc) is 3.19. The Bertz CT molecular complexity index is 512. The molecule has 0 bridgehead atoms. The van der Waals surface area contributed by atoms with Crippen molar-refractivity contribution in [2.45, 2.75) is 51.1 Å². The van der Waals surface area contributed by atoms with Gasteiger partial charge in [-0.05, 0) is 49.4 Å². The van der Waals surface area contributed by atoms with Gasteiger partial charge in [-0.3, -0.25) is 4.79 Å². The highest BCUT2D eigenvalue weighted by molar-refractivity contribution is 5.76. The van der Waals surface area contributed by atoms with E-state index in [1.165, 1.54) is 11.1 Å². The predicted octanol–water partition coefficient (Wildman–Crippen LogP) is 2.33. The Labute approximate surface area is 126 Å². The molecular weight excluding hydrogens is 264 g/mol. The first kappa shape index (κ1) is 14.4. The highest BCUT2D eigenvalue weighted by atomic mass is 16.5. The summed E-state index contributed by atoms with van der Waals surface area (Å²) >= 11 is 0. The van der Waals surface area contributed by atoms with Crippen LogP contribution >= 0.6 is 0 Å². The van der Waals surface area contributed by atoms with Crippen molar-refractivity contribution >= 4 is 5.91 Å². The highest BCUT2D eigenvalue weighted by Gasteiger charge is 2.25. The minimum Gasteiger partial charge on any atom is -0.493 e. The maximum absolute atomic E-state index is 11.7. The van der Waals surface area contributed by atoms with E-state index in [9.17, 15) is 4.79 Å². The van der Waals surface area contributed by atoms with Crippen molar-refractivity contribution in [3.63, 3.8) is 0 Å². The number of hydrogen-bond acceptors (Lipinski definition) is 3. The zero-order chi connectivity index (χ0) is 14.7. The van der Waals surface area contributed by atoms with Crippen LogP contribution in [-0.2, 0) is 11.2 Å². The fourth-order valence-corrected chi connectivity index (χ4v) is 3.00. The van der Waals surface area contributed by atoms with Crippen LogP contribution in [0.3, 0.4) is 0 Å². The molecule has 0 aliphatic heterocycles. The largest absolute Gasteiger partial charge is 0.493 e. The lowest BCUT2D eigenvalue weighted by Crippen LogP contribution is -2.26. The van der Waals surface area contributed by atoms with E-state index >= 15 is 0 Å². The number of fused-ring (bicyclic) bond motifs is 1. The number of ether oxygens (including phenoxy) is 1. The number of hydrogen-bond donors (Lipinski definition) is 2. The maximum Gasteiger partial charge on any atom is 0.223 e. The van der Waals surface area contributed by atoms with E-state index in [-0.39, 0.29) is 5.91 Å². The summed E-state index contributed by atoms with van der Waals surface area (Å²) in [7, 11) is 0. The van der Waals surface area contributed by atoms with E-state index in [0.717, 1.165) is 38.0 Å². The molecule has 2 aliphatic rings. The van der Waals surface area contributed by atoms with E-state index in [1.807, 2.05) is 12.1 Å². The Morgan fingerprint density at radius 1 is 1.33 bits per heavy atom. The summed E-state index contributed by atoms with van der Waals surface area (Å²) in [5.74, 6) is 1.06. The fraction of sp³-hybridized carbons (Fsp3) is 0.588. The van der Waals surface area contributed by atoms with Crippen LogP contribution in [0, 0.1) is 0 Å². The van der Waals surface area contributed by atoms with Gasteiger partial charge in [0, 0.05) is 12.1 Å². The number of carbonyl (C=O) groups excluding carboxylic acids is 1. The Kier molecular flexibility index (Phi) is 4.44. The van der Waals surface area contributed by atoms with Gasteiger partial charge in [0.1, 0.15) is 5.75 Å². The molecule has 0 saturated heterocycles. The van der Waals surface area contributed by atoms with Crippen LogP contribution in [0.15, 0.2) is 18.2 Å². The van der Waals surface area contributed by atoms with Crippen molar-refractivity contribution in [2.24, 2.45) is 0 Å². The molecule has 1 unspecified atom stereocenters. The molecule has 4 heteroatoms. The Hall–Kier alpha value is -1.55. The number of nitrogens with one attached hydrogen (secondary N) is 2. The lowest BCUT2D eigenvalue weighted by atomic mass is 10.1. The maximum atomic E-state index is 11.7. The first-order valence-electron chi connectivity index (χ1n) is 8.05. The second-order valence-electron chi connectivity index (χ2n) is 5.91. The molecule has 21 heavy (non-hydrogen) atoms. The molecule has 0 heterocycles. The summed E-state index contributed by atoms with van der Waals surface area (Å²) in [5, 5.41) is 6.50. The molecule has 1 amide bonds. The lowest BCUT2D eigenvalue weighted by molar-refractivity contribution is -0.121. The minimum atomic E-state index is 0.107. The normalized spacial score (nSPS) is 20.1. The molecule has 0 aromatic heterocycles. The van der Waals surface area contributed by atoms with E-state index in [1.54, 1.807) is 0 Å². The summed E-state index contributed by atoms with van der Waals surface area (Å²) in [6.45, 7) is 3.58. The van der Waals surface area contributed by atoms with E-state index < -0.39 is 0 Å². The van der Waals surface area contributed by atoms with Gasteiger partial charge in [0.25, 0.3) is 0 Å². The summed E-state index contributed by atoms with van der Waals surface area (Å²) in [6.07, 6.45) is 4.88. The molecule has 1 saturated carbocycles. The van der Waals surface area contributed by atoms with Crippen molar-refractivity contribution in [3.8, 4) is 5.75 Å². The van der Waals surface area contributed by atoms with Crippen LogP contribution in [-0.4, -0.2) is 25.1 Å². The van der Waals surface area contributed by atoms with Gasteiger partial charge < -0.3 is 15.4 Å². The third-order valence-electron chi connectivity index (χ3n) is 4.21. The molecule has 114 valence electrons. The number of benzene rings is 1. The van der Waals surface area contributed by atoms with Gasteiger partial charge in [-0.1, -0.05) is 19.1 Å². The zero-order valence-electron chi connectivity index (χ0n) is 12.7. The van der Waals surface area contributed by atoms with Crippen LogP contribution in [0.5, 0.6) is 5.75 Å². The van der Waals surface area contributed by atoms with Gasteiger partial charge in [0.05, 0.1) is 13.0 Å². The predicted molar refractivity (Wildman–Crippen MR) is 82.5 cm³/mol. The quantitative estimate of drug-likeness (QED) is 0.809. The second kappa shape index (κ2) is 6.48. The zero-order valence-corrected chi connectivity index (χ0v) is 12.7. The van der Waals surface area contributed by atoms with Crippen LogP contribution < -0.4 is 15.4 Å². The third-order valence-corrected chi connectivity index (χ3v) is 4.21. The number of rotatable bonds is 7. The molecule has 1 aromatic carbocycles. The van der Waals surface area contributed by atoms with Crippen molar-refractivity contribution in [1.29, 1.82) is 0 Å². The van der Waals surface area contributed by atoms with Crippen molar-refractivity contribution in [2.75, 3.05) is 13.2 Å². The number of carbonyl (C=O) groups is 1. The van der Waals surface area contributed by atoms with Crippen molar-refractivity contribution in [1.82, 2.24) is 10.6 Å². The molecule has 1 fully saturated rings. The van der Waals surface area contributed by atoms with Gasteiger partial charge in [-0.2, -0.15) is 0 Å². The summed E-state index contributed by atoms with van der Waals surface area (Å²) < 4.78 is 5.86. The smallest absolute Gasteiger partial charge is 0.223 e.